The van der Waals surface area contributed by atoms with Crippen LogP contribution in [0.15, 0.2) is 46.3 Å². The molecule has 0 radical (unpaired) electrons. The monoisotopic (exact) mass is 389 g/mol. The minimum absolute atomic E-state index is 0.140. The summed E-state index contributed by atoms with van der Waals surface area (Å²) >= 11 is 0. The van der Waals surface area contributed by atoms with Crippen LogP contribution >= 0.6 is 0 Å². The summed E-state index contributed by atoms with van der Waals surface area (Å²) in [7, 11) is 3.67. The van der Waals surface area contributed by atoms with E-state index in [-0.39, 0.29) is 12.1 Å². The van der Waals surface area contributed by atoms with Gasteiger partial charge in [0.2, 0.25) is 0 Å². The maximum absolute atomic E-state index is 5.34. The van der Waals surface area contributed by atoms with Crippen molar-refractivity contribution in [2.45, 2.75) is 59.7 Å². The van der Waals surface area contributed by atoms with Gasteiger partial charge in [0.15, 0.2) is 0 Å². The fourth-order valence-electron chi connectivity index (χ4n) is 3.10. The second-order valence-electron chi connectivity index (χ2n) is 7.50. The van der Waals surface area contributed by atoms with Gasteiger partial charge in [-0.3, -0.25) is 5.01 Å². The van der Waals surface area contributed by atoms with Crippen molar-refractivity contribution in [2.75, 3.05) is 32.6 Å². The second-order valence-corrected chi connectivity index (χ2v) is 7.50. The largest absolute Gasteiger partial charge is 0.497 e. The molecule has 0 heterocycles. The van der Waals surface area contributed by atoms with E-state index in [4.69, 9.17) is 4.74 Å². The Labute approximate surface area is 171 Å². The summed E-state index contributed by atoms with van der Waals surface area (Å²) in [5.74, 6) is 1.19. The van der Waals surface area contributed by atoms with Gasteiger partial charge in [0.25, 0.3) is 0 Å². The van der Waals surface area contributed by atoms with Crippen LogP contribution in [-0.4, -0.2) is 50.4 Å². The Balaban J connectivity index is 2.77. The molecule has 0 aliphatic rings. The molecule has 158 valence electrons. The predicted molar refractivity (Wildman–Crippen MR) is 119 cm³/mol. The molecule has 0 saturated heterocycles. The summed E-state index contributed by atoms with van der Waals surface area (Å²) in [5, 5.41) is 17.9. The van der Waals surface area contributed by atoms with Gasteiger partial charge in [-0.1, -0.05) is 36.8 Å². The van der Waals surface area contributed by atoms with E-state index in [2.05, 4.69) is 74.7 Å². The lowest BCUT2D eigenvalue weighted by molar-refractivity contribution is 0.262. The summed E-state index contributed by atoms with van der Waals surface area (Å²) in [5.41, 5.74) is 2.35. The van der Waals surface area contributed by atoms with Gasteiger partial charge in [-0.25, -0.2) is 0 Å². The molecule has 1 rings (SSSR count). The van der Waals surface area contributed by atoms with Gasteiger partial charge < -0.3 is 15.4 Å². The highest BCUT2D eigenvalue weighted by molar-refractivity contribution is 5.50. The van der Waals surface area contributed by atoms with E-state index < -0.39 is 0 Å². The van der Waals surface area contributed by atoms with E-state index in [1.54, 1.807) is 7.11 Å². The Bertz CT molecular complexity index is 631. The number of allylic oxidation sites excluding steroid dienone is 1. The van der Waals surface area contributed by atoms with Gasteiger partial charge in [-0.05, 0) is 52.3 Å². The van der Waals surface area contributed by atoms with E-state index in [0.717, 1.165) is 24.5 Å². The van der Waals surface area contributed by atoms with Crippen LogP contribution < -0.4 is 15.4 Å². The van der Waals surface area contributed by atoms with Crippen molar-refractivity contribution in [1.29, 1.82) is 0 Å². The van der Waals surface area contributed by atoms with E-state index >= 15 is 0 Å². The number of anilines is 1. The van der Waals surface area contributed by atoms with Crippen molar-refractivity contribution in [3.05, 3.63) is 35.9 Å². The van der Waals surface area contributed by atoms with Crippen molar-refractivity contribution in [3.63, 3.8) is 0 Å². The summed E-state index contributed by atoms with van der Waals surface area (Å²) in [6.07, 6.45) is 2.16. The molecule has 0 bridgehead atoms. The Morgan fingerprint density at radius 3 is 2.61 bits per heavy atom. The second kappa shape index (κ2) is 12.4. The van der Waals surface area contributed by atoms with Gasteiger partial charge in [-0.2, -0.15) is 5.11 Å². The first-order valence-corrected chi connectivity index (χ1v) is 10.2. The molecule has 0 amide bonds. The van der Waals surface area contributed by atoms with Crippen LogP contribution in [0.3, 0.4) is 0 Å². The van der Waals surface area contributed by atoms with Crippen LogP contribution in [-0.2, 0) is 0 Å². The van der Waals surface area contributed by atoms with Crippen LogP contribution in [0.25, 0.3) is 0 Å². The van der Waals surface area contributed by atoms with Gasteiger partial charge in [0.05, 0.1) is 19.2 Å². The Kier molecular flexibility index (Phi) is 10.6. The standard InChI is InChI=1S/C22H39N5O/c1-9-16(3)22(24-20-12-11-13-21(14-20)28-8)17(4)15-27(7)26-25-19(6)18(5)23-10-2/h9,11-14,17-19,22-24H,10,15H2,1-8H3/b16-9+,26-25?/t17-,18?,19?,22?/m1/s1. The normalized spacial score (nSPS) is 16.5. The molecule has 4 atom stereocenters. The van der Waals surface area contributed by atoms with Crippen LogP contribution in [0.2, 0.25) is 0 Å². The number of hydrogen-bond donors (Lipinski definition) is 2. The molecule has 3 unspecified atom stereocenters. The van der Waals surface area contributed by atoms with Gasteiger partial charge in [0.1, 0.15) is 5.75 Å². The van der Waals surface area contributed by atoms with Crippen molar-refractivity contribution < 1.29 is 4.74 Å². The molecule has 0 aliphatic carbocycles. The molecule has 6 nitrogen and oxygen atoms in total. The summed E-state index contributed by atoms with van der Waals surface area (Å²) in [6.45, 7) is 14.6. The maximum atomic E-state index is 5.34. The fraction of sp³-hybridized carbons (Fsp3) is 0.636. The molecule has 1 aromatic rings. The summed E-state index contributed by atoms with van der Waals surface area (Å²) < 4.78 is 5.34. The molecule has 0 aromatic heterocycles. The minimum Gasteiger partial charge on any atom is -0.497 e. The SMILES string of the molecule is C/C=C(\C)C(Nc1cccc(OC)c1)[C@H](C)CN(C)N=NC(C)C(C)NCC. The van der Waals surface area contributed by atoms with Crippen LogP contribution in [0.1, 0.15) is 41.5 Å². The molecule has 0 spiro atoms. The minimum atomic E-state index is 0.140. The van der Waals surface area contributed by atoms with E-state index in [9.17, 15) is 0 Å². The average Bonchev–Trinajstić information content (AvgIpc) is 2.69. The first-order chi connectivity index (χ1) is 13.3. The summed E-state index contributed by atoms with van der Waals surface area (Å²) in [6, 6.07) is 8.70. The van der Waals surface area contributed by atoms with Gasteiger partial charge in [-0.15, -0.1) is 0 Å². The number of methoxy groups -OCH3 is 1. The molecule has 6 heteroatoms. The van der Waals surface area contributed by atoms with Crippen LogP contribution in [0.4, 0.5) is 5.69 Å². The third-order valence-electron chi connectivity index (χ3n) is 5.10. The molecular formula is C22H39N5O. The zero-order valence-corrected chi connectivity index (χ0v) is 18.9. The lowest BCUT2D eigenvalue weighted by Gasteiger charge is -2.29. The summed E-state index contributed by atoms with van der Waals surface area (Å²) in [4.78, 5) is 0. The van der Waals surface area contributed by atoms with Crippen molar-refractivity contribution >= 4 is 5.69 Å². The molecule has 0 fully saturated rings. The maximum Gasteiger partial charge on any atom is 0.120 e. The Morgan fingerprint density at radius 1 is 1.29 bits per heavy atom. The number of rotatable bonds is 12. The number of ether oxygens (including phenoxy) is 1. The molecule has 2 N–H and O–H groups in total. The van der Waals surface area contributed by atoms with Crippen LogP contribution in [0, 0.1) is 5.92 Å². The lowest BCUT2D eigenvalue weighted by Crippen LogP contribution is -2.36. The highest BCUT2D eigenvalue weighted by Crippen LogP contribution is 2.23. The van der Waals surface area contributed by atoms with E-state index in [1.165, 1.54) is 5.57 Å². The molecule has 0 aliphatic heterocycles. The van der Waals surface area contributed by atoms with Crippen molar-refractivity contribution in [3.8, 4) is 5.75 Å². The molecule has 0 saturated carbocycles. The molecular weight excluding hydrogens is 350 g/mol. The number of nitrogens with zero attached hydrogens (tertiary/aromatic N) is 3. The highest BCUT2D eigenvalue weighted by atomic mass is 16.5. The topological polar surface area (TPSA) is 61.2 Å². The zero-order chi connectivity index (χ0) is 21.1. The predicted octanol–water partition coefficient (Wildman–Crippen LogP) is 4.76. The lowest BCUT2D eigenvalue weighted by atomic mass is 9.94. The third kappa shape index (κ3) is 7.89. The third-order valence-corrected chi connectivity index (χ3v) is 5.10. The smallest absolute Gasteiger partial charge is 0.120 e. The fourth-order valence-corrected chi connectivity index (χ4v) is 3.10. The van der Waals surface area contributed by atoms with Gasteiger partial charge in [0, 0.05) is 31.4 Å². The van der Waals surface area contributed by atoms with E-state index in [0.29, 0.717) is 12.0 Å². The Morgan fingerprint density at radius 2 is 2.00 bits per heavy atom. The molecule has 28 heavy (non-hydrogen) atoms. The van der Waals surface area contributed by atoms with Crippen molar-refractivity contribution in [2.24, 2.45) is 16.3 Å². The molecule has 1 aromatic carbocycles. The quantitative estimate of drug-likeness (QED) is 0.307. The number of likely N-dealkylation sites (N-methyl/N-ethyl adjacent to an activating group) is 1. The number of nitrogens with one attached hydrogen (secondary N) is 2. The van der Waals surface area contributed by atoms with Crippen molar-refractivity contribution in [1.82, 2.24) is 10.3 Å². The average molecular weight is 390 g/mol. The zero-order valence-electron chi connectivity index (χ0n) is 18.9. The number of hydrogen-bond acceptors (Lipinski definition) is 5. The highest BCUT2D eigenvalue weighted by Gasteiger charge is 2.20. The number of benzene rings is 1. The first kappa shape index (κ1) is 24.0. The van der Waals surface area contributed by atoms with Crippen LogP contribution in [0.5, 0.6) is 5.75 Å². The first-order valence-electron chi connectivity index (χ1n) is 10.2. The van der Waals surface area contributed by atoms with Gasteiger partial charge >= 0.3 is 0 Å². The van der Waals surface area contributed by atoms with E-state index in [1.807, 2.05) is 30.3 Å². The Hall–Kier alpha value is -2.08.